The molecule has 0 radical (unpaired) electrons. The highest BCUT2D eigenvalue weighted by Crippen LogP contribution is 2.01. The Hall–Kier alpha value is 0.260. The van der Waals surface area contributed by atoms with E-state index in [1.165, 1.54) is 0 Å². The largest absolute Gasteiger partial charge is 0.396 e. The van der Waals surface area contributed by atoms with Gasteiger partial charge in [-0.05, 0) is 25.0 Å². The Bertz CT molecular complexity index is 158. The highest BCUT2D eigenvalue weighted by molar-refractivity contribution is 9.09. The van der Waals surface area contributed by atoms with Crippen LogP contribution >= 0.6 is 27.7 Å². The van der Waals surface area contributed by atoms with Gasteiger partial charge in [0.1, 0.15) is 0 Å². The lowest BCUT2D eigenvalue weighted by molar-refractivity contribution is -0.121. The molecule has 0 saturated heterocycles. The summed E-state index contributed by atoms with van der Waals surface area (Å²) in [6.45, 7) is 0.995. The van der Waals surface area contributed by atoms with E-state index in [0.29, 0.717) is 6.42 Å². The van der Waals surface area contributed by atoms with E-state index in [9.17, 15) is 4.79 Å². The smallest absolute Gasteiger partial charge is 0.220 e. The van der Waals surface area contributed by atoms with E-state index in [-0.39, 0.29) is 12.5 Å². The van der Waals surface area contributed by atoms with Gasteiger partial charge in [-0.15, -0.1) is 0 Å². The van der Waals surface area contributed by atoms with E-state index >= 15 is 0 Å². The quantitative estimate of drug-likeness (QED) is 0.477. The second-order valence-electron chi connectivity index (χ2n) is 3.19. The van der Waals surface area contributed by atoms with E-state index in [0.717, 1.165) is 42.6 Å². The molecule has 0 unspecified atom stereocenters. The monoisotopic (exact) mass is 297 g/mol. The first-order valence-electron chi connectivity index (χ1n) is 5.32. The number of thioether (sulfide) groups is 1. The fourth-order valence-electron chi connectivity index (χ4n) is 1.000. The first-order chi connectivity index (χ1) is 7.31. The number of halogens is 1. The maximum atomic E-state index is 11.2. The highest BCUT2D eigenvalue weighted by atomic mass is 79.9. The van der Waals surface area contributed by atoms with Crippen molar-refractivity contribution in [2.45, 2.75) is 25.7 Å². The lowest BCUT2D eigenvalue weighted by atomic mass is 10.2. The van der Waals surface area contributed by atoms with Crippen LogP contribution < -0.4 is 5.32 Å². The van der Waals surface area contributed by atoms with Crippen LogP contribution in [0.4, 0.5) is 0 Å². The summed E-state index contributed by atoms with van der Waals surface area (Å²) in [6.07, 6.45) is 3.48. The second kappa shape index (κ2) is 12.3. The summed E-state index contributed by atoms with van der Waals surface area (Å²) in [5.74, 6) is 2.05. The van der Waals surface area contributed by atoms with Gasteiger partial charge < -0.3 is 10.4 Å². The van der Waals surface area contributed by atoms with Gasteiger partial charge in [0.15, 0.2) is 0 Å². The van der Waals surface area contributed by atoms with Gasteiger partial charge in [-0.25, -0.2) is 0 Å². The molecule has 0 fully saturated rings. The second-order valence-corrected chi connectivity index (χ2v) is 5.20. The topological polar surface area (TPSA) is 49.3 Å². The van der Waals surface area contributed by atoms with E-state index in [2.05, 4.69) is 21.2 Å². The van der Waals surface area contributed by atoms with Crippen LogP contribution in [-0.2, 0) is 4.79 Å². The van der Waals surface area contributed by atoms with Crippen molar-refractivity contribution in [2.75, 3.05) is 30.0 Å². The molecule has 0 aromatic heterocycles. The summed E-state index contributed by atoms with van der Waals surface area (Å²) in [4.78, 5) is 11.2. The number of amides is 1. The number of aliphatic hydroxyl groups is 1. The number of hydrogen-bond acceptors (Lipinski definition) is 3. The molecule has 2 N–H and O–H groups in total. The Morgan fingerprint density at radius 2 is 2.07 bits per heavy atom. The molecule has 0 aliphatic carbocycles. The summed E-state index contributed by atoms with van der Waals surface area (Å²) in [7, 11) is 0. The van der Waals surface area contributed by atoms with Crippen molar-refractivity contribution < 1.29 is 9.90 Å². The van der Waals surface area contributed by atoms with Gasteiger partial charge >= 0.3 is 0 Å². The molecule has 0 heterocycles. The summed E-state index contributed by atoms with van der Waals surface area (Å²) in [6, 6.07) is 0. The zero-order valence-corrected chi connectivity index (χ0v) is 11.4. The summed E-state index contributed by atoms with van der Waals surface area (Å²) in [5, 5.41) is 12.4. The van der Waals surface area contributed by atoms with Crippen molar-refractivity contribution in [3.05, 3.63) is 0 Å². The van der Waals surface area contributed by atoms with Crippen molar-refractivity contribution in [3.63, 3.8) is 0 Å². The van der Waals surface area contributed by atoms with Gasteiger partial charge in [-0.2, -0.15) is 11.8 Å². The van der Waals surface area contributed by atoms with Crippen LogP contribution in [0.1, 0.15) is 25.7 Å². The van der Waals surface area contributed by atoms with Gasteiger partial charge in [-0.1, -0.05) is 15.9 Å². The SMILES string of the molecule is O=C(CCCCBr)NCCSCCCO. The molecule has 0 aliphatic heterocycles. The third-order valence-corrected chi connectivity index (χ3v) is 3.43. The molecule has 0 rings (SSSR count). The van der Waals surface area contributed by atoms with E-state index in [1.807, 2.05) is 0 Å². The molecule has 0 aromatic carbocycles. The van der Waals surface area contributed by atoms with Crippen molar-refractivity contribution in [1.29, 1.82) is 0 Å². The first kappa shape index (κ1) is 15.3. The van der Waals surface area contributed by atoms with Gasteiger partial charge in [0.05, 0.1) is 0 Å². The molecule has 90 valence electrons. The molecule has 5 heteroatoms. The molecule has 0 aromatic rings. The molecule has 0 atom stereocenters. The summed E-state index contributed by atoms with van der Waals surface area (Å²) >= 11 is 5.10. The molecule has 1 amide bonds. The minimum absolute atomic E-state index is 0.152. The predicted molar refractivity (Wildman–Crippen MR) is 69.7 cm³/mol. The van der Waals surface area contributed by atoms with Crippen LogP contribution in [0.5, 0.6) is 0 Å². The third-order valence-electron chi connectivity index (χ3n) is 1.80. The number of hydrogen-bond donors (Lipinski definition) is 2. The van der Waals surface area contributed by atoms with Crippen molar-refractivity contribution in [3.8, 4) is 0 Å². The summed E-state index contributed by atoms with van der Waals surface area (Å²) < 4.78 is 0. The van der Waals surface area contributed by atoms with Crippen molar-refractivity contribution in [2.24, 2.45) is 0 Å². The van der Waals surface area contributed by atoms with Crippen LogP contribution in [0.2, 0.25) is 0 Å². The van der Waals surface area contributed by atoms with E-state index < -0.39 is 0 Å². The Labute approximate surface area is 105 Å². The number of nitrogens with one attached hydrogen (secondary N) is 1. The maximum Gasteiger partial charge on any atom is 0.220 e. The van der Waals surface area contributed by atoms with Gasteiger partial charge in [0.25, 0.3) is 0 Å². The average molecular weight is 298 g/mol. The number of aliphatic hydroxyl groups excluding tert-OH is 1. The Morgan fingerprint density at radius 3 is 2.73 bits per heavy atom. The number of rotatable bonds is 10. The normalized spacial score (nSPS) is 10.3. The van der Waals surface area contributed by atoms with Crippen LogP contribution in [-0.4, -0.2) is 41.0 Å². The van der Waals surface area contributed by atoms with Gasteiger partial charge in [0.2, 0.25) is 5.91 Å². The molecule has 0 bridgehead atoms. The Morgan fingerprint density at radius 1 is 1.27 bits per heavy atom. The van der Waals surface area contributed by atoms with Crippen LogP contribution in [0.3, 0.4) is 0 Å². The van der Waals surface area contributed by atoms with Crippen LogP contribution in [0.25, 0.3) is 0 Å². The number of alkyl halides is 1. The zero-order valence-electron chi connectivity index (χ0n) is 9.01. The molecule has 15 heavy (non-hydrogen) atoms. The highest BCUT2D eigenvalue weighted by Gasteiger charge is 1.99. The minimum atomic E-state index is 0.152. The zero-order chi connectivity index (χ0) is 11.4. The van der Waals surface area contributed by atoms with Gasteiger partial charge in [0, 0.05) is 30.7 Å². The first-order valence-corrected chi connectivity index (χ1v) is 7.60. The molecular formula is C10H20BrNO2S. The molecular weight excluding hydrogens is 278 g/mol. The lowest BCUT2D eigenvalue weighted by Gasteiger charge is -2.04. The van der Waals surface area contributed by atoms with Crippen molar-refractivity contribution >= 4 is 33.6 Å². The average Bonchev–Trinajstić information content (AvgIpc) is 2.23. The van der Waals surface area contributed by atoms with Crippen LogP contribution in [0.15, 0.2) is 0 Å². The Balaban J connectivity index is 3.10. The van der Waals surface area contributed by atoms with Gasteiger partial charge in [-0.3, -0.25) is 4.79 Å². The number of carbonyl (C=O) groups is 1. The van der Waals surface area contributed by atoms with Crippen LogP contribution in [0, 0.1) is 0 Å². The lowest BCUT2D eigenvalue weighted by Crippen LogP contribution is -2.25. The molecule has 0 spiro atoms. The van der Waals surface area contributed by atoms with E-state index in [1.54, 1.807) is 11.8 Å². The fourth-order valence-corrected chi connectivity index (χ4v) is 2.18. The molecule has 0 aliphatic rings. The molecule has 0 saturated carbocycles. The summed E-state index contributed by atoms with van der Waals surface area (Å²) in [5.41, 5.74) is 0. The number of unbranched alkanes of at least 4 members (excludes halogenated alkanes) is 1. The standard InChI is InChI=1S/C10H20BrNO2S/c11-5-2-1-4-10(14)12-6-9-15-8-3-7-13/h13H,1-9H2,(H,12,14). The maximum absolute atomic E-state index is 11.2. The minimum Gasteiger partial charge on any atom is -0.396 e. The third kappa shape index (κ3) is 12.2. The molecule has 3 nitrogen and oxygen atoms in total. The Kier molecular flexibility index (Phi) is 12.5. The predicted octanol–water partition coefficient (Wildman–Crippen LogP) is 1.78. The van der Waals surface area contributed by atoms with Crippen molar-refractivity contribution in [1.82, 2.24) is 5.32 Å². The number of carbonyl (C=O) groups excluding carboxylic acids is 1. The van der Waals surface area contributed by atoms with E-state index in [4.69, 9.17) is 5.11 Å². The fraction of sp³-hybridized carbons (Fsp3) is 0.900.